The van der Waals surface area contributed by atoms with Crippen molar-refractivity contribution >= 4 is 17.3 Å². The van der Waals surface area contributed by atoms with Crippen LogP contribution in [0.3, 0.4) is 0 Å². The van der Waals surface area contributed by atoms with Gasteiger partial charge in [-0.2, -0.15) is 0 Å². The zero-order valence-electron chi connectivity index (χ0n) is 13.5. The lowest BCUT2D eigenvalue weighted by Gasteiger charge is -2.11. The molecule has 0 aliphatic heterocycles. The van der Waals surface area contributed by atoms with Gasteiger partial charge < -0.3 is 10.2 Å². The van der Waals surface area contributed by atoms with Crippen molar-refractivity contribution in [1.29, 1.82) is 0 Å². The number of rotatable bonds is 5. The van der Waals surface area contributed by atoms with E-state index in [-0.39, 0.29) is 5.91 Å². The average molecular weight is 322 g/mol. The van der Waals surface area contributed by atoms with E-state index < -0.39 is 0 Å². The summed E-state index contributed by atoms with van der Waals surface area (Å²) in [5.74, 6) is 0.0916. The summed E-state index contributed by atoms with van der Waals surface area (Å²) in [5.41, 5.74) is 3.81. The molecule has 1 amide bonds. The van der Waals surface area contributed by atoms with Crippen molar-refractivity contribution in [2.24, 2.45) is 0 Å². The normalized spacial score (nSPS) is 10.4. The van der Waals surface area contributed by atoms with Crippen LogP contribution in [0.1, 0.15) is 5.56 Å². The van der Waals surface area contributed by atoms with Crippen molar-refractivity contribution in [1.82, 2.24) is 25.1 Å². The Morgan fingerprint density at radius 1 is 1.04 bits per heavy atom. The quantitative estimate of drug-likeness (QED) is 0.778. The van der Waals surface area contributed by atoms with Gasteiger partial charge in [-0.15, -0.1) is 5.10 Å². The van der Waals surface area contributed by atoms with Crippen LogP contribution in [0.5, 0.6) is 0 Å². The molecule has 2 aromatic carbocycles. The van der Waals surface area contributed by atoms with Crippen LogP contribution in [0.2, 0.25) is 0 Å². The van der Waals surface area contributed by atoms with E-state index in [0.717, 1.165) is 22.6 Å². The largest absolute Gasteiger partial charge is 0.356 e. The van der Waals surface area contributed by atoms with Crippen LogP contribution in [0, 0.1) is 0 Å². The first-order valence-corrected chi connectivity index (χ1v) is 7.51. The summed E-state index contributed by atoms with van der Waals surface area (Å²) in [4.78, 5) is 13.3. The second kappa shape index (κ2) is 6.91. The molecule has 1 N–H and O–H groups in total. The van der Waals surface area contributed by atoms with E-state index in [1.165, 1.54) is 0 Å². The van der Waals surface area contributed by atoms with Crippen molar-refractivity contribution in [3.8, 4) is 5.69 Å². The number of nitrogens with one attached hydrogen (secondary N) is 1. The fourth-order valence-corrected chi connectivity index (χ4v) is 2.18. The molecule has 1 aromatic heterocycles. The number of nitrogens with zero attached hydrogens (tertiary/aromatic N) is 5. The Hall–Kier alpha value is -3.22. The molecular weight excluding hydrogens is 304 g/mol. The number of amides is 1. The maximum atomic E-state index is 11.7. The van der Waals surface area contributed by atoms with E-state index in [1.807, 2.05) is 48.5 Å². The smallest absolute Gasteiger partial charge is 0.226 e. The Labute approximate surface area is 139 Å². The molecule has 0 saturated heterocycles. The van der Waals surface area contributed by atoms with Crippen LogP contribution in [0.25, 0.3) is 5.69 Å². The van der Waals surface area contributed by atoms with Crippen LogP contribution >= 0.6 is 0 Å². The summed E-state index contributed by atoms with van der Waals surface area (Å²) < 4.78 is 1.60. The van der Waals surface area contributed by atoms with Gasteiger partial charge >= 0.3 is 0 Å². The lowest BCUT2D eigenvalue weighted by molar-refractivity contribution is -0.127. The van der Waals surface area contributed by atoms with Gasteiger partial charge in [-0.3, -0.25) is 4.79 Å². The van der Waals surface area contributed by atoms with E-state index in [2.05, 4.69) is 20.8 Å². The molecule has 0 aliphatic carbocycles. The zero-order chi connectivity index (χ0) is 16.9. The summed E-state index contributed by atoms with van der Waals surface area (Å²) in [6, 6.07) is 15.6. The molecule has 0 saturated carbocycles. The first-order chi connectivity index (χ1) is 11.6. The van der Waals surface area contributed by atoms with Gasteiger partial charge in [0.05, 0.1) is 12.1 Å². The van der Waals surface area contributed by atoms with Crippen molar-refractivity contribution in [2.75, 3.05) is 19.4 Å². The fourth-order valence-electron chi connectivity index (χ4n) is 2.18. The number of carbonyl (C=O) groups excluding carboxylic acids is 1. The van der Waals surface area contributed by atoms with Crippen molar-refractivity contribution in [3.63, 3.8) is 0 Å². The van der Waals surface area contributed by atoms with Gasteiger partial charge in [-0.05, 0) is 52.4 Å². The second-order valence-corrected chi connectivity index (χ2v) is 5.59. The predicted octanol–water partition coefficient (Wildman–Crippen LogP) is 2.04. The lowest BCUT2D eigenvalue weighted by Crippen LogP contribution is -2.23. The highest BCUT2D eigenvalue weighted by atomic mass is 16.2. The van der Waals surface area contributed by atoms with Crippen molar-refractivity contribution < 1.29 is 4.79 Å². The van der Waals surface area contributed by atoms with Gasteiger partial charge in [0.15, 0.2) is 0 Å². The SMILES string of the molecule is CN(C)C(=O)Cc1ccc(Nc2ccc(-n3cnnn3)cc2)cc1. The van der Waals surface area contributed by atoms with Crippen LogP contribution < -0.4 is 5.32 Å². The highest BCUT2D eigenvalue weighted by Crippen LogP contribution is 2.19. The molecule has 7 nitrogen and oxygen atoms in total. The van der Waals surface area contributed by atoms with Crippen LogP contribution in [-0.4, -0.2) is 45.1 Å². The van der Waals surface area contributed by atoms with Gasteiger partial charge in [0.1, 0.15) is 6.33 Å². The van der Waals surface area contributed by atoms with Gasteiger partial charge in [-0.1, -0.05) is 12.1 Å². The number of aromatic nitrogens is 4. The minimum Gasteiger partial charge on any atom is -0.356 e. The third-order valence-corrected chi connectivity index (χ3v) is 3.58. The molecule has 1 heterocycles. The molecule has 0 radical (unpaired) electrons. The lowest BCUT2D eigenvalue weighted by atomic mass is 10.1. The molecule has 0 spiro atoms. The first-order valence-electron chi connectivity index (χ1n) is 7.51. The molecular formula is C17H18N6O. The maximum Gasteiger partial charge on any atom is 0.226 e. The Balaban J connectivity index is 1.64. The molecule has 0 atom stereocenters. The highest BCUT2D eigenvalue weighted by molar-refractivity contribution is 5.78. The average Bonchev–Trinajstić information content (AvgIpc) is 3.12. The van der Waals surface area contributed by atoms with E-state index in [1.54, 1.807) is 30.0 Å². The summed E-state index contributed by atoms with van der Waals surface area (Å²) in [5, 5.41) is 14.4. The number of anilines is 2. The van der Waals surface area contributed by atoms with E-state index >= 15 is 0 Å². The molecule has 3 rings (SSSR count). The number of hydrogen-bond donors (Lipinski definition) is 1. The molecule has 0 fully saturated rings. The summed E-state index contributed by atoms with van der Waals surface area (Å²) in [6.07, 6.45) is 1.96. The van der Waals surface area contributed by atoms with E-state index in [0.29, 0.717) is 6.42 Å². The second-order valence-electron chi connectivity index (χ2n) is 5.59. The molecule has 0 unspecified atom stereocenters. The maximum absolute atomic E-state index is 11.7. The number of benzene rings is 2. The number of tetrazole rings is 1. The Morgan fingerprint density at radius 3 is 2.21 bits per heavy atom. The third kappa shape index (κ3) is 3.75. The molecule has 24 heavy (non-hydrogen) atoms. The van der Waals surface area contributed by atoms with Crippen molar-refractivity contribution in [2.45, 2.75) is 6.42 Å². The summed E-state index contributed by atoms with van der Waals surface area (Å²) in [7, 11) is 3.52. The molecule has 122 valence electrons. The summed E-state index contributed by atoms with van der Waals surface area (Å²) in [6.45, 7) is 0. The molecule has 0 aliphatic rings. The van der Waals surface area contributed by atoms with Crippen LogP contribution in [-0.2, 0) is 11.2 Å². The fraction of sp³-hybridized carbons (Fsp3) is 0.176. The number of likely N-dealkylation sites (N-methyl/N-ethyl adjacent to an activating group) is 1. The Kier molecular flexibility index (Phi) is 4.51. The molecule has 0 bridgehead atoms. The van der Waals surface area contributed by atoms with Gasteiger partial charge in [0.25, 0.3) is 0 Å². The van der Waals surface area contributed by atoms with Gasteiger partial charge in [0.2, 0.25) is 5.91 Å². The Morgan fingerprint density at radius 2 is 1.67 bits per heavy atom. The zero-order valence-corrected chi connectivity index (χ0v) is 13.5. The predicted molar refractivity (Wildman–Crippen MR) is 91.3 cm³/mol. The Bertz CT molecular complexity index is 794. The van der Waals surface area contributed by atoms with Gasteiger partial charge in [-0.25, -0.2) is 4.68 Å². The number of carbonyl (C=O) groups is 1. The van der Waals surface area contributed by atoms with Crippen molar-refractivity contribution in [3.05, 3.63) is 60.4 Å². The molecule has 7 heteroatoms. The van der Waals surface area contributed by atoms with E-state index in [9.17, 15) is 4.79 Å². The van der Waals surface area contributed by atoms with Gasteiger partial charge in [0, 0.05) is 25.5 Å². The number of hydrogen-bond acceptors (Lipinski definition) is 5. The minimum absolute atomic E-state index is 0.0916. The highest BCUT2D eigenvalue weighted by Gasteiger charge is 2.05. The van der Waals surface area contributed by atoms with E-state index in [4.69, 9.17) is 0 Å². The topological polar surface area (TPSA) is 75.9 Å². The summed E-state index contributed by atoms with van der Waals surface area (Å²) >= 11 is 0. The standard InChI is InChI=1S/C17H18N6O/c1-22(2)17(24)11-13-3-5-14(6-4-13)19-15-7-9-16(10-8-15)23-12-18-20-21-23/h3-10,12,19H,11H2,1-2H3. The minimum atomic E-state index is 0.0916. The third-order valence-electron chi connectivity index (χ3n) is 3.58. The monoisotopic (exact) mass is 322 g/mol. The van der Waals surface area contributed by atoms with Crippen LogP contribution in [0.4, 0.5) is 11.4 Å². The molecule has 3 aromatic rings. The first kappa shape index (κ1) is 15.7. The van der Waals surface area contributed by atoms with Crippen LogP contribution in [0.15, 0.2) is 54.9 Å².